The number of nitrogens with zero attached hydrogens (tertiary/aromatic N) is 3. The van der Waals surface area contributed by atoms with Crippen LogP contribution in [0.25, 0.3) is 0 Å². The van der Waals surface area contributed by atoms with Gasteiger partial charge in [-0.25, -0.2) is 9.48 Å². The number of aliphatic carboxylic acids is 1. The third-order valence-corrected chi connectivity index (χ3v) is 3.01. The summed E-state index contributed by atoms with van der Waals surface area (Å²) in [4.78, 5) is 22.2. The molecule has 1 fully saturated rings. The van der Waals surface area contributed by atoms with Gasteiger partial charge in [0.2, 0.25) is 0 Å². The van der Waals surface area contributed by atoms with E-state index >= 15 is 0 Å². The Morgan fingerprint density at radius 3 is 3.05 bits per heavy atom. The summed E-state index contributed by atoms with van der Waals surface area (Å²) >= 11 is 0. The SMILES string of the molecule is CC1OCCC1NC(=O)NCc1cn(CC(=O)O)nn1. The Balaban J connectivity index is 1.75. The van der Waals surface area contributed by atoms with Crippen LogP contribution in [0.5, 0.6) is 0 Å². The molecule has 1 aromatic rings. The van der Waals surface area contributed by atoms with Gasteiger partial charge in [-0.2, -0.15) is 0 Å². The number of ether oxygens (including phenoxy) is 1. The average molecular weight is 283 g/mol. The van der Waals surface area contributed by atoms with E-state index in [-0.39, 0.29) is 31.3 Å². The molecule has 2 amide bonds. The Labute approximate surface area is 115 Å². The highest BCUT2D eigenvalue weighted by atomic mass is 16.5. The number of hydrogen-bond donors (Lipinski definition) is 3. The molecule has 0 aliphatic carbocycles. The van der Waals surface area contributed by atoms with Crippen LogP contribution in [0.1, 0.15) is 19.0 Å². The lowest BCUT2D eigenvalue weighted by Gasteiger charge is -2.16. The van der Waals surface area contributed by atoms with E-state index < -0.39 is 5.97 Å². The number of rotatable bonds is 5. The summed E-state index contributed by atoms with van der Waals surface area (Å²) < 4.78 is 6.54. The molecule has 1 saturated heterocycles. The van der Waals surface area contributed by atoms with Crippen molar-refractivity contribution in [3.05, 3.63) is 11.9 Å². The minimum Gasteiger partial charge on any atom is -0.480 e. The third kappa shape index (κ3) is 3.92. The van der Waals surface area contributed by atoms with Gasteiger partial charge in [-0.3, -0.25) is 4.79 Å². The molecule has 20 heavy (non-hydrogen) atoms. The lowest BCUT2D eigenvalue weighted by molar-refractivity contribution is -0.137. The Morgan fingerprint density at radius 2 is 2.40 bits per heavy atom. The van der Waals surface area contributed by atoms with Crippen molar-refractivity contribution in [2.24, 2.45) is 0 Å². The van der Waals surface area contributed by atoms with E-state index in [2.05, 4.69) is 20.9 Å². The van der Waals surface area contributed by atoms with Crippen LogP contribution in [-0.4, -0.2) is 50.9 Å². The summed E-state index contributed by atoms with van der Waals surface area (Å²) in [6, 6.07) is -0.294. The molecule has 2 unspecified atom stereocenters. The number of urea groups is 1. The smallest absolute Gasteiger partial charge is 0.325 e. The number of nitrogens with one attached hydrogen (secondary N) is 2. The second kappa shape index (κ2) is 6.33. The maximum Gasteiger partial charge on any atom is 0.325 e. The molecule has 1 aliphatic heterocycles. The molecule has 3 N–H and O–H groups in total. The van der Waals surface area contributed by atoms with E-state index in [0.29, 0.717) is 12.3 Å². The normalized spacial score (nSPS) is 21.6. The van der Waals surface area contributed by atoms with Crippen LogP contribution in [-0.2, 0) is 22.6 Å². The summed E-state index contributed by atoms with van der Waals surface area (Å²) in [7, 11) is 0. The average Bonchev–Trinajstić information content (AvgIpc) is 2.97. The van der Waals surface area contributed by atoms with Crippen molar-refractivity contribution in [3.63, 3.8) is 0 Å². The van der Waals surface area contributed by atoms with Crippen LogP contribution >= 0.6 is 0 Å². The van der Waals surface area contributed by atoms with E-state index in [9.17, 15) is 9.59 Å². The third-order valence-electron chi connectivity index (χ3n) is 3.01. The predicted molar refractivity (Wildman–Crippen MR) is 66.8 cm³/mol. The first kappa shape index (κ1) is 14.3. The Hall–Kier alpha value is -2.16. The summed E-state index contributed by atoms with van der Waals surface area (Å²) in [5, 5.41) is 21.5. The molecule has 1 aromatic heterocycles. The lowest BCUT2D eigenvalue weighted by Crippen LogP contribution is -2.44. The standard InChI is InChI=1S/C11H17N5O4/c1-7-9(2-3-20-7)13-11(19)12-4-8-5-16(15-14-8)6-10(17)18/h5,7,9H,2-4,6H2,1H3,(H,17,18)(H2,12,13,19). The molecule has 2 rings (SSSR count). The molecule has 0 radical (unpaired) electrons. The van der Waals surface area contributed by atoms with Gasteiger partial charge in [0, 0.05) is 6.61 Å². The van der Waals surface area contributed by atoms with Gasteiger partial charge in [0.1, 0.15) is 12.2 Å². The van der Waals surface area contributed by atoms with Crippen molar-refractivity contribution in [2.45, 2.75) is 38.6 Å². The molecule has 0 spiro atoms. The number of aromatic nitrogens is 3. The van der Waals surface area contributed by atoms with Gasteiger partial charge in [0.05, 0.1) is 24.9 Å². The number of amides is 2. The Bertz CT molecular complexity index is 489. The molecule has 0 saturated carbocycles. The van der Waals surface area contributed by atoms with Gasteiger partial charge in [-0.15, -0.1) is 5.10 Å². The Morgan fingerprint density at radius 1 is 1.60 bits per heavy atom. The quantitative estimate of drug-likeness (QED) is 0.660. The number of carboxylic acids is 1. The van der Waals surface area contributed by atoms with Crippen LogP contribution in [0, 0.1) is 0 Å². The first-order valence-electron chi connectivity index (χ1n) is 6.31. The molecule has 9 heteroatoms. The van der Waals surface area contributed by atoms with Gasteiger partial charge in [0.15, 0.2) is 0 Å². The van der Waals surface area contributed by atoms with Gasteiger partial charge >= 0.3 is 12.0 Å². The van der Waals surface area contributed by atoms with Crippen molar-refractivity contribution in [1.82, 2.24) is 25.6 Å². The highest BCUT2D eigenvalue weighted by Gasteiger charge is 2.25. The number of carboxylic acid groups (broad SMARTS) is 1. The largest absolute Gasteiger partial charge is 0.480 e. The maximum absolute atomic E-state index is 11.7. The van der Waals surface area contributed by atoms with Crippen LogP contribution in [0.4, 0.5) is 4.79 Å². The topological polar surface area (TPSA) is 118 Å². The van der Waals surface area contributed by atoms with Crippen LogP contribution in [0.2, 0.25) is 0 Å². The monoisotopic (exact) mass is 283 g/mol. The van der Waals surface area contributed by atoms with E-state index in [4.69, 9.17) is 9.84 Å². The van der Waals surface area contributed by atoms with Crippen LogP contribution in [0.3, 0.4) is 0 Å². The van der Waals surface area contributed by atoms with Crippen LogP contribution < -0.4 is 10.6 Å². The second-order valence-electron chi connectivity index (χ2n) is 4.60. The summed E-state index contributed by atoms with van der Waals surface area (Å²) in [6.45, 7) is 2.49. The van der Waals surface area contributed by atoms with Crippen molar-refractivity contribution < 1.29 is 19.4 Å². The van der Waals surface area contributed by atoms with E-state index in [1.54, 1.807) is 0 Å². The Kier molecular flexibility index (Phi) is 4.51. The molecular weight excluding hydrogens is 266 g/mol. The van der Waals surface area contributed by atoms with Gasteiger partial charge in [-0.1, -0.05) is 5.21 Å². The molecule has 0 aromatic carbocycles. The van der Waals surface area contributed by atoms with Crippen molar-refractivity contribution in [3.8, 4) is 0 Å². The van der Waals surface area contributed by atoms with Crippen molar-refractivity contribution >= 4 is 12.0 Å². The van der Waals surface area contributed by atoms with Crippen molar-refractivity contribution in [1.29, 1.82) is 0 Å². The van der Waals surface area contributed by atoms with E-state index in [1.807, 2.05) is 6.92 Å². The number of carbonyl (C=O) groups excluding carboxylic acids is 1. The number of carbonyl (C=O) groups is 2. The van der Waals surface area contributed by atoms with E-state index in [0.717, 1.165) is 6.42 Å². The molecule has 9 nitrogen and oxygen atoms in total. The number of hydrogen-bond acceptors (Lipinski definition) is 5. The molecular formula is C11H17N5O4. The zero-order valence-corrected chi connectivity index (χ0v) is 11.1. The molecule has 2 heterocycles. The maximum atomic E-state index is 11.7. The molecule has 110 valence electrons. The minimum absolute atomic E-state index is 0.0113. The highest BCUT2D eigenvalue weighted by molar-refractivity contribution is 5.74. The minimum atomic E-state index is -0.998. The van der Waals surface area contributed by atoms with Crippen LogP contribution in [0.15, 0.2) is 6.20 Å². The van der Waals surface area contributed by atoms with Gasteiger partial charge in [0.25, 0.3) is 0 Å². The fourth-order valence-electron chi connectivity index (χ4n) is 1.95. The molecule has 0 bridgehead atoms. The lowest BCUT2D eigenvalue weighted by atomic mass is 10.2. The fraction of sp³-hybridized carbons (Fsp3) is 0.636. The first-order valence-corrected chi connectivity index (χ1v) is 6.31. The summed E-state index contributed by atoms with van der Waals surface area (Å²) in [5.74, 6) is -0.998. The zero-order chi connectivity index (χ0) is 14.5. The first-order chi connectivity index (χ1) is 9.54. The van der Waals surface area contributed by atoms with Gasteiger partial charge < -0.3 is 20.5 Å². The summed E-state index contributed by atoms with van der Waals surface area (Å²) in [6.07, 6.45) is 2.29. The van der Waals surface area contributed by atoms with E-state index in [1.165, 1.54) is 10.9 Å². The van der Waals surface area contributed by atoms with Gasteiger partial charge in [-0.05, 0) is 13.3 Å². The summed E-state index contributed by atoms with van der Waals surface area (Å²) in [5.41, 5.74) is 0.497. The zero-order valence-electron chi connectivity index (χ0n) is 11.1. The predicted octanol–water partition coefficient (Wildman–Crippen LogP) is -0.661. The molecule has 1 aliphatic rings. The van der Waals surface area contributed by atoms with Crippen molar-refractivity contribution in [2.75, 3.05) is 6.61 Å². The second-order valence-corrected chi connectivity index (χ2v) is 4.60. The highest BCUT2D eigenvalue weighted by Crippen LogP contribution is 2.12. The fourth-order valence-corrected chi connectivity index (χ4v) is 1.95. The molecule has 2 atom stereocenters.